The van der Waals surface area contributed by atoms with Gasteiger partial charge in [-0.15, -0.1) is 0 Å². The molecule has 1 aromatic heterocycles. The van der Waals surface area contributed by atoms with Crippen molar-refractivity contribution in [2.75, 3.05) is 38.0 Å². The first-order chi connectivity index (χ1) is 8.65. The van der Waals surface area contributed by atoms with Crippen molar-refractivity contribution in [1.82, 2.24) is 20.0 Å². The van der Waals surface area contributed by atoms with Gasteiger partial charge in [-0.1, -0.05) is 0 Å². The zero-order valence-electron chi connectivity index (χ0n) is 11.1. The molecular weight excluding hydrogens is 230 g/mol. The predicted molar refractivity (Wildman–Crippen MR) is 70.5 cm³/mol. The number of hydrogen-bond acceptors (Lipinski definition) is 4. The number of carbonyl (C=O) groups excluding carboxylic acids is 1. The van der Waals surface area contributed by atoms with Crippen LogP contribution in [0.25, 0.3) is 0 Å². The molecule has 1 saturated heterocycles. The van der Waals surface area contributed by atoms with E-state index in [-0.39, 0.29) is 5.91 Å². The Balaban J connectivity index is 1.86. The van der Waals surface area contributed by atoms with Crippen LogP contribution in [0.3, 0.4) is 0 Å². The number of anilines is 1. The lowest BCUT2D eigenvalue weighted by Gasteiger charge is -2.18. The summed E-state index contributed by atoms with van der Waals surface area (Å²) < 4.78 is 1.69. The van der Waals surface area contributed by atoms with Crippen LogP contribution >= 0.6 is 0 Å². The molecule has 18 heavy (non-hydrogen) atoms. The van der Waals surface area contributed by atoms with Crippen LogP contribution in [0, 0.1) is 6.92 Å². The fraction of sp³-hybridized carbons (Fsp3) is 0.667. The summed E-state index contributed by atoms with van der Waals surface area (Å²) in [5, 5.41) is 10.4. The van der Waals surface area contributed by atoms with E-state index in [0.29, 0.717) is 6.54 Å². The molecule has 1 aliphatic rings. The van der Waals surface area contributed by atoms with Crippen molar-refractivity contribution in [3.05, 3.63) is 11.8 Å². The quantitative estimate of drug-likeness (QED) is 0.791. The Morgan fingerprint density at radius 2 is 2.33 bits per heavy atom. The summed E-state index contributed by atoms with van der Waals surface area (Å²) in [6, 6.07) is 1.88. The number of rotatable bonds is 3. The maximum atomic E-state index is 11.9. The Bertz CT molecular complexity index is 407. The molecule has 0 unspecified atom stereocenters. The van der Waals surface area contributed by atoms with Crippen LogP contribution in [0.2, 0.25) is 0 Å². The third-order valence-corrected chi connectivity index (χ3v) is 3.07. The molecule has 2 rings (SSSR count). The SMILES string of the molecule is Cc1cc(NC(=O)CN2CCCNCC2)n(C)n1. The summed E-state index contributed by atoms with van der Waals surface area (Å²) in [6.45, 7) is 6.27. The highest BCUT2D eigenvalue weighted by Crippen LogP contribution is 2.08. The van der Waals surface area contributed by atoms with E-state index in [4.69, 9.17) is 0 Å². The molecule has 1 amide bonds. The number of nitrogens with one attached hydrogen (secondary N) is 2. The molecule has 1 aliphatic heterocycles. The summed E-state index contributed by atoms with van der Waals surface area (Å²) in [5.41, 5.74) is 0.909. The fourth-order valence-electron chi connectivity index (χ4n) is 2.17. The van der Waals surface area contributed by atoms with E-state index in [9.17, 15) is 4.79 Å². The maximum Gasteiger partial charge on any atom is 0.239 e. The van der Waals surface area contributed by atoms with Gasteiger partial charge in [0.1, 0.15) is 5.82 Å². The van der Waals surface area contributed by atoms with Crippen molar-refractivity contribution in [2.24, 2.45) is 7.05 Å². The van der Waals surface area contributed by atoms with Gasteiger partial charge >= 0.3 is 0 Å². The van der Waals surface area contributed by atoms with E-state index in [2.05, 4.69) is 20.6 Å². The molecular formula is C12H21N5O. The Hall–Kier alpha value is -1.40. The van der Waals surface area contributed by atoms with Gasteiger partial charge in [0.2, 0.25) is 5.91 Å². The second kappa shape index (κ2) is 5.97. The topological polar surface area (TPSA) is 62.2 Å². The average Bonchev–Trinajstić information content (AvgIpc) is 2.54. The normalized spacial score (nSPS) is 17.4. The first-order valence-corrected chi connectivity index (χ1v) is 6.39. The Morgan fingerprint density at radius 1 is 1.50 bits per heavy atom. The lowest BCUT2D eigenvalue weighted by Crippen LogP contribution is -2.35. The average molecular weight is 251 g/mol. The van der Waals surface area contributed by atoms with Crippen LogP contribution in [-0.4, -0.2) is 53.3 Å². The summed E-state index contributed by atoms with van der Waals surface area (Å²) in [5.74, 6) is 0.783. The Kier molecular flexibility index (Phi) is 4.33. The number of hydrogen-bond donors (Lipinski definition) is 2. The molecule has 0 bridgehead atoms. The molecule has 0 spiro atoms. The number of carbonyl (C=O) groups is 1. The number of nitrogens with zero attached hydrogens (tertiary/aromatic N) is 3. The van der Waals surface area contributed by atoms with E-state index in [1.54, 1.807) is 4.68 Å². The Labute approximate surface area is 107 Å². The van der Waals surface area contributed by atoms with Gasteiger partial charge in [-0.25, -0.2) is 0 Å². The van der Waals surface area contributed by atoms with Crippen LogP contribution < -0.4 is 10.6 Å². The minimum Gasteiger partial charge on any atom is -0.315 e. The van der Waals surface area contributed by atoms with Gasteiger partial charge in [-0.05, 0) is 26.4 Å². The van der Waals surface area contributed by atoms with Gasteiger partial charge in [-0.2, -0.15) is 5.10 Å². The molecule has 2 heterocycles. The fourth-order valence-corrected chi connectivity index (χ4v) is 2.17. The van der Waals surface area contributed by atoms with E-state index in [0.717, 1.165) is 44.1 Å². The van der Waals surface area contributed by atoms with Gasteiger partial charge < -0.3 is 10.6 Å². The van der Waals surface area contributed by atoms with Gasteiger partial charge in [0, 0.05) is 26.2 Å². The predicted octanol–water partition coefficient (Wildman–Crippen LogP) is -0.0377. The maximum absolute atomic E-state index is 11.9. The van der Waals surface area contributed by atoms with Gasteiger partial charge in [-0.3, -0.25) is 14.4 Å². The van der Waals surface area contributed by atoms with Crippen molar-refractivity contribution in [3.8, 4) is 0 Å². The minimum absolute atomic E-state index is 0.0277. The van der Waals surface area contributed by atoms with Crippen molar-refractivity contribution in [1.29, 1.82) is 0 Å². The molecule has 1 aromatic rings. The molecule has 0 aliphatic carbocycles. The highest BCUT2D eigenvalue weighted by atomic mass is 16.2. The van der Waals surface area contributed by atoms with Crippen molar-refractivity contribution < 1.29 is 4.79 Å². The number of amides is 1. The lowest BCUT2D eigenvalue weighted by molar-refractivity contribution is -0.117. The molecule has 100 valence electrons. The zero-order valence-corrected chi connectivity index (χ0v) is 11.1. The first-order valence-electron chi connectivity index (χ1n) is 6.39. The summed E-state index contributed by atoms with van der Waals surface area (Å²) >= 11 is 0. The summed E-state index contributed by atoms with van der Waals surface area (Å²) in [6.07, 6.45) is 1.10. The van der Waals surface area contributed by atoms with Crippen LogP contribution in [0.1, 0.15) is 12.1 Å². The van der Waals surface area contributed by atoms with Crippen molar-refractivity contribution in [3.63, 3.8) is 0 Å². The monoisotopic (exact) mass is 251 g/mol. The minimum atomic E-state index is 0.0277. The molecule has 6 heteroatoms. The number of aryl methyl sites for hydroxylation is 2. The molecule has 0 radical (unpaired) electrons. The summed E-state index contributed by atoms with van der Waals surface area (Å²) in [7, 11) is 1.83. The van der Waals surface area contributed by atoms with Gasteiger partial charge in [0.25, 0.3) is 0 Å². The van der Waals surface area contributed by atoms with Crippen LogP contribution in [0.15, 0.2) is 6.07 Å². The summed E-state index contributed by atoms with van der Waals surface area (Å²) in [4.78, 5) is 14.1. The van der Waals surface area contributed by atoms with Crippen molar-refractivity contribution in [2.45, 2.75) is 13.3 Å². The van der Waals surface area contributed by atoms with Crippen LogP contribution in [0.5, 0.6) is 0 Å². The Morgan fingerprint density at radius 3 is 3.06 bits per heavy atom. The molecule has 0 atom stereocenters. The van der Waals surface area contributed by atoms with E-state index in [1.165, 1.54) is 0 Å². The third kappa shape index (κ3) is 3.54. The van der Waals surface area contributed by atoms with E-state index in [1.807, 2.05) is 20.0 Å². The second-order valence-corrected chi connectivity index (χ2v) is 4.72. The first kappa shape index (κ1) is 13.0. The van der Waals surface area contributed by atoms with Crippen LogP contribution in [-0.2, 0) is 11.8 Å². The van der Waals surface area contributed by atoms with Crippen LogP contribution in [0.4, 0.5) is 5.82 Å². The highest BCUT2D eigenvalue weighted by molar-refractivity contribution is 5.91. The smallest absolute Gasteiger partial charge is 0.239 e. The molecule has 6 nitrogen and oxygen atoms in total. The van der Waals surface area contributed by atoms with Crippen molar-refractivity contribution >= 4 is 11.7 Å². The van der Waals surface area contributed by atoms with E-state index >= 15 is 0 Å². The highest BCUT2D eigenvalue weighted by Gasteiger charge is 2.13. The third-order valence-electron chi connectivity index (χ3n) is 3.07. The van der Waals surface area contributed by atoms with Gasteiger partial charge in [0.15, 0.2) is 0 Å². The molecule has 0 aromatic carbocycles. The molecule has 2 N–H and O–H groups in total. The molecule has 0 saturated carbocycles. The number of aromatic nitrogens is 2. The second-order valence-electron chi connectivity index (χ2n) is 4.72. The van der Waals surface area contributed by atoms with E-state index < -0.39 is 0 Å². The standard InChI is InChI=1S/C12H21N5O/c1-10-8-11(16(2)15-10)14-12(18)9-17-6-3-4-13-5-7-17/h8,13H,3-7,9H2,1-2H3,(H,14,18). The molecule has 1 fully saturated rings. The lowest BCUT2D eigenvalue weighted by atomic mass is 10.4. The zero-order chi connectivity index (χ0) is 13.0. The largest absolute Gasteiger partial charge is 0.315 e. The van der Waals surface area contributed by atoms with Gasteiger partial charge in [0.05, 0.1) is 12.2 Å².